The summed E-state index contributed by atoms with van der Waals surface area (Å²) in [6.45, 7) is 5.55. The molecule has 31 heavy (non-hydrogen) atoms. The molecule has 1 aliphatic heterocycles. The van der Waals surface area contributed by atoms with E-state index in [0.29, 0.717) is 53.2 Å². The second kappa shape index (κ2) is 8.89. The predicted octanol–water partition coefficient (Wildman–Crippen LogP) is 4.72. The summed E-state index contributed by atoms with van der Waals surface area (Å²) >= 11 is 6.20. The highest BCUT2D eigenvalue weighted by Gasteiger charge is 2.29. The number of nitrogens with zero attached hydrogens (tertiary/aromatic N) is 4. The zero-order valence-corrected chi connectivity index (χ0v) is 18.0. The van der Waals surface area contributed by atoms with Gasteiger partial charge in [-0.25, -0.2) is 14.4 Å². The zero-order valence-electron chi connectivity index (χ0n) is 17.3. The van der Waals surface area contributed by atoms with Gasteiger partial charge in [-0.1, -0.05) is 23.7 Å². The van der Waals surface area contributed by atoms with Gasteiger partial charge in [0.05, 0.1) is 10.6 Å². The number of anilines is 1. The van der Waals surface area contributed by atoms with Gasteiger partial charge in [0.25, 0.3) is 5.91 Å². The molecule has 6 nitrogen and oxygen atoms in total. The minimum absolute atomic E-state index is 0.0313. The average molecular weight is 441 g/mol. The summed E-state index contributed by atoms with van der Waals surface area (Å²) in [4.78, 5) is 25.4. The summed E-state index contributed by atoms with van der Waals surface area (Å²) in [6, 6.07) is 13.1. The Kier molecular flexibility index (Phi) is 6.04. The Labute approximate surface area is 185 Å². The number of aryl methyl sites for hydroxylation is 1. The van der Waals surface area contributed by atoms with Crippen molar-refractivity contribution in [1.29, 1.82) is 0 Å². The summed E-state index contributed by atoms with van der Waals surface area (Å²) in [7, 11) is 0. The van der Waals surface area contributed by atoms with Crippen molar-refractivity contribution in [1.82, 2.24) is 14.9 Å². The quantitative estimate of drug-likeness (QED) is 0.587. The maximum atomic E-state index is 13.3. The molecule has 0 spiro atoms. The van der Waals surface area contributed by atoms with Gasteiger partial charge in [0.1, 0.15) is 23.7 Å². The number of carbonyl (C=O) groups is 1. The van der Waals surface area contributed by atoms with Crippen molar-refractivity contribution >= 4 is 23.3 Å². The molecular weight excluding hydrogens is 419 g/mol. The molecule has 2 heterocycles. The summed E-state index contributed by atoms with van der Waals surface area (Å²) in [5, 5.41) is 0.454. The van der Waals surface area contributed by atoms with Crippen LogP contribution in [0.2, 0.25) is 5.02 Å². The van der Waals surface area contributed by atoms with E-state index >= 15 is 0 Å². The van der Waals surface area contributed by atoms with E-state index in [2.05, 4.69) is 14.9 Å². The monoisotopic (exact) mass is 440 g/mol. The molecule has 1 saturated heterocycles. The lowest BCUT2D eigenvalue weighted by Gasteiger charge is -2.40. The molecule has 4 rings (SSSR count). The fraction of sp³-hybridized carbons (Fsp3) is 0.261. The molecule has 2 aromatic carbocycles. The highest BCUT2D eigenvalue weighted by molar-refractivity contribution is 6.33. The second-order valence-corrected chi connectivity index (χ2v) is 7.91. The molecule has 8 heteroatoms. The predicted molar refractivity (Wildman–Crippen MR) is 117 cm³/mol. The molecule has 1 aliphatic rings. The van der Waals surface area contributed by atoms with Gasteiger partial charge in [-0.2, -0.15) is 0 Å². The lowest BCUT2D eigenvalue weighted by Crippen LogP contribution is -2.54. The summed E-state index contributed by atoms with van der Waals surface area (Å²) in [5.41, 5.74) is 1.19. The highest BCUT2D eigenvalue weighted by atomic mass is 35.5. The first kappa shape index (κ1) is 21.1. The molecular formula is C23H22ClFN4O2. The SMILES string of the molecule is Cc1cc(F)ccc1Oc1cc(N2CCN(C(=O)c3ccccc3Cl)C(C)C2)ncn1. The number of halogens is 2. The van der Waals surface area contributed by atoms with Gasteiger partial charge in [0.2, 0.25) is 5.88 Å². The van der Waals surface area contributed by atoms with Crippen LogP contribution in [0.3, 0.4) is 0 Å². The average Bonchev–Trinajstić information content (AvgIpc) is 2.76. The summed E-state index contributed by atoms with van der Waals surface area (Å²) < 4.78 is 19.2. The molecule has 3 aromatic rings. The third-order valence-electron chi connectivity index (χ3n) is 5.30. The van der Waals surface area contributed by atoms with Crippen molar-refractivity contribution < 1.29 is 13.9 Å². The Morgan fingerprint density at radius 2 is 1.97 bits per heavy atom. The number of aromatic nitrogens is 2. The number of amides is 1. The van der Waals surface area contributed by atoms with E-state index in [0.717, 1.165) is 0 Å². The fourth-order valence-electron chi connectivity index (χ4n) is 3.66. The van der Waals surface area contributed by atoms with E-state index in [4.69, 9.17) is 16.3 Å². The standard InChI is InChI=1S/C23H22ClFN4O2/c1-15-11-17(25)7-8-20(15)31-22-12-21(26-14-27-22)28-9-10-29(16(2)13-28)23(30)18-5-3-4-6-19(18)24/h3-8,11-12,14,16H,9-10,13H2,1-2H3. The first-order valence-electron chi connectivity index (χ1n) is 9.99. The van der Waals surface area contributed by atoms with Crippen LogP contribution in [0.4, 0.5) is 10.2 Å². The molecule has 0 radical (unpaired) electrons. The topological polar surface area (TPSA) is 58.6 Å². The third kappa shape index (κ3) is 4.61. The summed E-state index contributed by atoms with van der Waals surface area (Å²) in [5.74, 6) is 1.24. The van der Waals surface area contributed by atoms with Gasteiger partial charge in [0, 0.05) is 31.7 Å². The molecule has 0 saturated carbocycles. The Bertz CT molecular complexity index is 1110. The molecule has 0 N–H and O–H groups in total. The smallest absolute Gasteiger partial charge is 0.255 e. The molecule has 1 unspecified atom stereocenters. The number of piperazine rings is 1. The van der Waals surface area contributed by atoms with Crippen LogP contribution < -0.4 is 9.64 Å². The molecule has 1 aromatic heterocycles. The minimum Gasteiger partial charge on any atom is -0.439 e. The first-order valence-corrected chi connectivity index (χ1v) is 10.4. The van der Waals surface area contributed by atoms with Crippen LogP contribution in [0, 0.1) is 12.7 Å². The normalized spacial score (nSPS) is 16.3. The Balaban J connectivity index is 1.46. The molecule has 160 valence electrons. The molecule has 0 aliphatic carbocycles. The van der Waals surface area contributed by atoms with Gasteiger partial charge in [-0.3, -0.25) is 4.79 Å². The maximum Gasteiger partial charge on any atom is 0.255 e. The number of hydrogen-bond donors (Lipinski definition) is 0. The van der Waals surface area contributed by atoms with E-state index in [1.54, 1.807) is 31.2 Å². The Morgan fingerprint density at radius 3 is 2.71 bits per heavy atom. The number of rotatable bonds is 4. The van der Waals surface area contributed by atoms with Gasteiger partial charge < -0.3 is 14.5 Å². The van der Waals surface area contributed by atoms with Gasteiger partial charge in [-0.05, 0) is 49.7 Å². The molecule has 1 fully saturated rings. The molecule has 0 bridgehead atoms. The lowest BCUT2D eigenvalue weighted by molar-refractivity contribution is 0.0674. The maximum absolute atomic E-state index is 13.3. The molecule has 1 atom stereocenters. The van der Waals surface area contributed by atoms with Crippen molar-refractivity contribution in [2.45, 2.75) is 19.9 Å². The van der Waals surface area contributed by atoms with Gasteiger partial charge in [0.15, 0.2) is 0 Å². The first-order chi connectivity index (χ1) is 14.9. The van der Waals surface area contributed by atoms with E-state index in [-0.39, 0.29) is 17.8 Å². The fourth-order valence-corrected chi connectivity index (χ4v) is 3.87. The van der Waals surface area contributed by atoms with Crippen LogP contribution in [0.5, 0.6) is 11.6 Å². The van der Waals surface area contributed by atoms with E-state index in [1.165, 1.54) is 18.5 Å². The van der Waals surface area contributed by atoms with E-state index in [9.17, 15) is 9.18 Å². The minimum atomic E-state index is -0.313. The van der Waals surface area contributed by atoms with Crippen LogP contribution in [-0.4, -0.2) is 46.5 Å². The lowest BCUT2D eigenvalue weighted by atomic mass is 10.1. The number of carbonyl (C=O) groups excluding carboxylic acids is 1. The van der Waals surface area contributed by atoms with Crippen molar-refractivity contribution in [3.8, 4) is 11.6 Å². The number of ether oxygens (including phenoxy) is 1. The van der Waals surface area contributed by atoms with E-state index < -0.39 is 0 Å². The Morgan fingerprint density at radius 1 is 1.16 bits per heavy atom. The van der Waals surface area contributed by atoms with Crippen molar-refractivity contribution in [3.05, 3.63) is 76.8 Å². The van der Waals surface area contributed by atoms with Crippen molar-refractivity contribution in [3.63, 3.8) is 0 Å². The van der Waals surface area contributed by atoms with E-state index in [1.807, 2.05) is 24.0 Å². The van der Waals surface area contributed by atoms with Crippen LogP contribution in [0.15, 0.2) is 54.9 Å². The van der Waals surface area contributed by atoms with Crippen molar-refractivity contribution in [2.75, 3.05) is 24.5 Å². The van der Waals surface area contributed by atoms with Crippen molar-refractivity contribution in [2.24, 2.45) is 0 Å². The molecule has 1 amide bonds. The number of hydrogen-bond acceptors (Lipinski definition) is 5. The largest absolute Gasteiger partial charge is 0.439 e. The van der Waals surface area contributed by atoms with Crippen LogP contribution in [0.1, 0.15) is 22.8 Å². The Hall–Kier alpha value is -3.19. The number of benzene rings is 2. The van der Waals surface area contributed by atoms with Crippen LogP contribution in [-0.2, 0) is 0 Å². The third-order valence-corrected chi connectivity index (χ3v) is 5.63. The van der Waals surface area contributed by atoms with Gasteiger partial charge >= 0.3 is 0 Å². The highest BCUT2D eigenvalue weighted by Crippen LogP contribution is 2.27. The zero-order chi connectivity index (χ0) is 22.0. The summed E-state index contributed by atoms with van der Waals surface area (Å²) in [6.07, 6.45) is 1.44. The second-order valence-electron chi connectivity index (χ2n) is 7.50. The van der Waals surface area contributed by atoms with Crippen LogP contribution in [0.25, 0.3) is 0 Å². The van der Waals surface area contributed by atoms with Crippen LogP contribution >= 0.6 is 11.6 Å². The van der Waals surface area contributed by atoms with Gasteiger partial charge in [-0.15, -0.1) is 0 Å².